The Hall–Kier alpha value is -2.67. The monoisotopic (exact) mass is 426 g/mol. The summed E-state index contributed by atoms with van der Waals surface area (Å²) in [6.45, 7) is 2.18. The zero-order valence-corrected chi connectivity index (χ0v) is 17.5. The molecule has 2 aromatic heterocycles. The molecule has 148 valence electrons. The Kier molecular flexibility index (Phi) is 5.67. The Morgan fingerprint density at radius 3 is 2.55 bits per heavy atom. The topological polar surface area (TPSA) is 64.5 Å². The van der Waals surface area contributed by atoms with Crippen LogP contribution in [-0.2, 0) is 13.2 Å². The normalized spacial score (nSPS) is 11.0. The maximum absolute atomic E-state index is 9.57. The molecule has 0 radical (unpaired) electrons. The molecule has 0 fully saturated rings. The van der Waals surface area contributed by atoms with Gasteiger partial charge in [0, 0.05) is 22.5 Å². The van der Waals surface area contributed by atoms with Crippen LogP contribution < -0.4 is 9.47 Å². The van der Waals surface area contributed by atoms with Gasteiger partial charge in [-0.25, -0.2) is 9.97 Å². The predicted octanol–water partition coefficient (Wildman–Crippen LogP) is 5.40. The van der Waals surface area contributed by atoms with Gasteiger partial charge in [-0.2, -0.15) is 0 Å². The molecule has 0 saturated carbocycles. The van der Waals surface area contributed by atoms with Gasteiger partial charge in [0.1, 0.15) is 28.8 Å². The largest absolute Gasteiger partial charge is 0.497 e. The van der Waals surface area contributed by atoms with Crippen molar-refractivity contribution in [3.63, 3.8) is 0 Å². The van der Waals surface area contributed by atoms with Gasteiger partial charge in [-0.15, -0.1) is 11.3 Å². The molecule has 0 aliphatic carbocycles. The second-order valence-electron chi connectivity index (χ2n) is 6.53. The smallest absolute Gasteiger partial charge is 0.142 e. The van der Waals surface area contributed by atoms with Crippen molar-refractivity contribution in [1.29, 1.82) is 0 Å². The summed E-state index contributed by atoms with van der Waals surface area (Å²) < 4.78 is 11.4. The fourth-order valence-electron chi connectivity index (χ4n) is 2.97. The maximum Gasteiger partial charge on any atom is 0.142 e. The van der Waals surface area contributed by atoms with Crippen LogP contribution in [0.1, 0.15) is 16.8 Å². The van der Waals surface area contributed by atoms with Crippen LogP contribution in [0.25, 0.3) is 21.6 Å². The van der Waals surface area contributed by atoms with Crippen molar-refractivity contribution in [2.75, 3.05) is 7.11 Å². The van der Waals surface area contributed by atoms with E-state index in [9.17, 15) is 5.11 Å². The first-order valence-corrected chi connectivity index (χ1v) is 10.3. The number of ether oxygens (including phenoxy) is 2. The average molecular weight is 427 g/mol. The summed E-state index contributed by atoms with van der Waals surface area (Å²) >= 11 is 8.04. The third-order valence-electron chi connectivity index (χ3n) is 4.52. The number of methoxy groups -OCH3 is 1. The van der Waals surface area contributed by atoms with Crippen LogP contribution >= 0.6 is 22.9 Å². The molecule has 2 heterocycles. The van der Waals surface area contributed by atoms with E-state index in [-0.39, 0.29) is 6.61 Å². The van der Waals surface area contributed by atoms with E-state index in [0.29, 0.717) is 34.2 Å². The highest BCUT2D eigenvalue weighted by molar-refractivity contribution is 7.13. The number of fused-ring (bicyclic) bond motifs is 1. The molecule has 29 heavy (non-hydrogen) atoms. The Bertz CT molecular complexity index is 1160. The molecule has 4 aromatic rings. The van der Waals surface area contributed by atoms with Gasteiger partial charge in [0.15, 0.2) is 0 Å². The van der Waals surface area contributed by atoms with E-state index in [4.69, 9.17) is 26.1 Å². The van der Waals surface area contributed by atoms with Gasteiger partial charge in [0.2, 0.25) is 0 Å². The lowest BCUT2D eigenvalue weighted by Gasteiger charge is -2.13. The van der Waals surface area contributed by atoms with Crippen LogP contribution in [-0.4, -0.2) is 22.2 Å². The van der Waals surface area contributed by atoms with Crippen molar-refractivity contribution in [3.05, 3.63) is 69.7 Å². The molecule has 0 amide bonds. The fourth-order valence-corrected chi connectivity index (χ4v) is 4.00. The fraction of sp³-hybridized carbons (Fsp3) is 0.182. The van der Waals surface area contributed by atoms with Gasteiger partial charge in [-0.3, -0.25) is 0 Å². The number of rotatable bonds is 6. The zero-order valence-electron chi connectivity index (χ0n) is 16.0. The number of pyridine rings is 1. The number of aryl methyl sites for hydroxylation is 1. The second-order valence-corrected chi connectivity index (χ2v) is 7.77. The van der Waals surface area contributed by atoms with E-state index < -0.39 is 0 Å². The summed E-state index contributed by atoms with van der Waals surface area (Å²) in [5.74, 6) is 1.47. The van der Waals surface area contributed by atoms with Gasteiger partial charge >= 0.3 is 0 Å². The van der Waals surface area contributed by atoms with Crippen molar-refractivity contribution >= 4 is 33.8 Å². The van der Waals surface area contributed by atoms with Crippen molar-refractivity contribution in [2.45, 2.75) is 20.1 Å². The Labute approximate surface area is 177 Å². The zero-order chi connectivity index (χ0) is 20.4. The van der Waals surface area contributed by atoms with Gasteiger partial charge in [0.05, 0.1) is 24.3 Å². The van der Waals surface area contributed by atoms with Gasteiger partial charge in [0.25, 0.3) is 0 Å². The van der Waals surface area contributed by atoms with Crippen LogP contribution in [0, 0.1) is 6.92 Å². The second kappa shape index (κ2) is 8.37. The van der Waals surface area contributed by atoms with E-state index in [1.165, 1.54) is 11.3 Å². The number of nitrogens with zero attached hydrogens (tertiary/aromatic N) is 2. The minimum Gasteiger partial charge on any atom is -0.497 e. The number of hydrogen-bond acceptors (Lipinski definition) is 6. The molecule has 0 aliphatic heterocycles. The number of benzene rings is 2. The first-order valence-electron chi connectivity index (χ1n) is 9.00. The molecular formula is C22H19ClN2O3S. The lowest BCUT2D eigenvalue weighted by atomic mass is 10.1. The molecule has 0 bridgehead atoms. The van der Waals surface area contributed by atoms with Crippen molar-refractivity contribution < 1.29 is 14.6 Å². The summed E-state index contributed by atoms with van der Waals surface area (Å²) in [6, 6.07) is 13.3. The number of aliphatic hydroxyl groups is 1. The summed E-state index contributed by atoms with van der Waals surface area (Å²) in [6.07, 6.45) is 0. The quantitative estimate of drug-likeness (QED) is 0.447. The minimum absolute atomic E-state index is 0.154. The van der Waals surface area contributed by atoms with E-state index in [1.807, 2.05) is 48.7 Å². The predicted molar refractivity (Wildman–Crippen MR) is 116 cm³/mol. The van der Waals surface area contributed by atoms with Gasteiger partial charge < -0.3 is 14.6 Å². The third kappa shape index (κ3) is 4.05. The third-order valence-corrected chi connectivity index (χ3v) is 5.93. The van der Waals surface area contributed by atoms with Gasteiger partial charge in [-0.1, -0.05) is 29.8 Å². The van der Waals surface area contributed by atoms with Crippen molar-refractivity contribution in [1.82, 2.24) is 9.97 Å². The first kappa shape index (κ1) is 19.6. The van der Waals surface area contributed by atoms with Crippen LogP contribution in [0.15, 0.2) is 47.8 Å². The van der Waals surface area contributed by atoms with E-state index in [1.54, 1.807) is 13.2 Å². The summed E-state index contributed by atoms with van der Waals surface area (Å²) in [5, 5.41) is 13.6. The van der Waals surface area contributed by atoms with E-state index >= 15 is 0 Å². The van der Waals surface area contributed by atoms with Crippen LogP contribution in [0.4, 0.5) is 0 Å². The van der Waals surface area contributed by atoms with Crippen molar-refractivity contribution in [3.8, 4) is 22.2 Å². The van der Waals surface area contributed by atoms with Crippen LogP contribution in [0.3, 0.4) is 0 Å². The number of thiazole rings is 1. The molecule has 7 heteroatoms. The summed E-state index contributed by atoms with van der Waals surface area (Å²) in [5.41, 5.74) is 3.86. The maximum atomic E-state index is 9.57. The highest BCUT2D eigenvalue weighted by atomic mass is 35.5. The summed E-state index contributed by atoms with van der Waals surface area (Å²) in [4.78, 5) is 9.25. The molecule has 4 rings (SSSR count). The highest BCUT2D eigenvalue weighted by Gasteiger charge is 2.15. The SMILES string of the molecule is COc1ccc(COc2cc(-c3nc(C)cs3)nc3c(Cl)c(CO)ccc23)cc1. The molecule has 0 saturated heterocycles. The molecule has 0 atom stereocenters. The number of hydrogen-bond donors (Lipinski definition) is 1. The summed E-state index contributed by atoms with van der Waals surface area (Å²) in [7, 11) is 1.64. The molecule has 5 nitrogen and oxygen atoms in total. The lowest BCUT2D eigenvalue weighted by Crippen LogP contribution is -1.99. The Morgan fingerprint density at radius 1 is 1.10 bits per heavy atom. The lowest BCUT2D eigenvalue weighted by molar-refractivity contribution is 0.282. The van der Waals surface area contributed by atoms with Crippen LogP contribution in [0.5, 0.6) is 11.5 Å². The highest BCUT2D eigenvalue weighted by Crippen LogP contribution is 2.36. The van der Waals surface area contributed by atoms with Gasteiger partial charge in [-0.05, 0) is 36.2 Å². The van der Waals surface area contributed by atoms with E-state index in [2.05, 4.69) is 4.98 Å². The standard InChI is InChI=1S/C22H19ClN2O3S/c1-13-12-29-22(24-13)18-9-19(28-11-14-3-6-16(27-2)7-4-14)17-8-5-15(10-26)20(23)21(17)25-18/h3-9,12,26H,10-11H2,1-2H3. The Morgan fingerprint density at radius 2 is 1.90 bits per heavy atom. The van der Waals surface area contributed by atoms with E-state index in [0.717, 1.165) is 27.4 Å². The van der Waals surface area contributed by atoms with Crippen molar-refractivity contribution in [2.24, 2.45) is 0 Å². The number of aliphatic hydroxyl groups excluding tert-OH is 1. The first-order chi connectivity index (χ1) is 14.1. The molecule has 0 unspecified atom stereocenters. The Balaban J connectivity index is 1.76. The number of aromatic nitrogens is 2. The molecule has 2 aromatic carbocycles. The molecule has 1 N–H and O–H groups in total. The minimum atomic E-state index is -0.154. The average Bonchev–Trinajstić information content (AvgIpc) is 3.19. The number of halogens is 1. The van der Waals surface area contributed by atoms with Crippen LogP contribution in [0.2, 0.25) is 5.02 Å². The molecule has 0 aliphatic rings. The molecular weight excluding hydrogens is 408 g/mol. The molecule has 0 spiro atoms.